The molecule has 1 atom stereocenters. The average molecular weight is 271 g/mol. The molecule has 1 unspecified atom stereocenters. The van der Waals surface area contributed by atoms with Crippen molar-refractivity contribution in [2.75, 3.05) is 19.1 Å². The van der Waals surface area contributed by atoms with Gasteiger partial charge in [0.25, 0.3) is 0 Å². The van der Waals surface area contributed by atoms with Crippen LogP contribution in [0.2, 0.25) is 0 Å². The molecule has 0 aliphatic heterocycles. The lowest BCUT2D eigenvalue weighted by molar-refractivity contribution is 0.125. The number of furan rings is 1. The highest BCUT2D eigenvalue weighted by Crippen LogP contribution is 2.29. The van der Waals surface area contributed by atoms with Crippen LogP contribution in [0.15, 0.2) is 28.7 Å². The molecule has 0 aliphatic carbocycles. The molecule has 0 aliphatic rings. The van der Waals surface area contributed by atoms with E-state index in [-0.39, 0.29) is 19.1 Å². The fraction of sp³-hybridized carbons (Fsp3) is 0.385. The minimum absolute atomic E-state index is 0.0426. The summed E-state index contributed by atoms with van der Waals surface area (Å²) in [5.74, 6) is 1.41. The Morgan fingerprint density at radius 3 is 2.94 bits per heavy atom. The van der Waals surface area contributed by atoms with Gasteiger partial charge in [0.15, 0.2) is 11.3 Å². The maximum Gasteiger partial charge on any atom is 0.176 e. The monoisotopic (exact) mass is 270 g/mol. The first kappa shape index (κ1) is 13.2. The van der Waals surface area contributed by atoms with E-state index < -0.39 is 6.10 Å². The lowest BCUT2D eigenvalue weighted by atomic mass is 10.2. The first-order valence-electron chi connectivity index (χ1n) is 5.73. The summed E-state index contributed by atoms with van der Waals surface area (Å²) in [6.45, 7) is 0.166. The van der Waals surface area contributed by atoms with Crippen molar-refractivity contribution in [2.24, 2.45) is 0 Å². The first-order valence-corrected chi connectivity index (χ1v) is 6.27. The molecule has 0 saturated carbocycles. The van der Waals surface area contributed by atoms with Gasteiger partial charge in [0.2, 0.25) is 0 Å². The first-order chi connectivity index (χ1) is 8.74. The summed E-state index contributed by atoms with van der Waals surface area (Å²) in [5.41, 5.74) is 0.628. The fourth-order valence-electron chi connectivity index (χ4n) is 1.67. The molecule has 0 saturated heterocycles. The van der Waals surface area contributed by atoms with Crippen molar-refractivity contribution in [3.8, 4) is 5.75 Å². The molecular weight excluding hydrogens is 256 g/mol. The number of benzene rings is 1. The van der Waals surface area contributed by atoms with Crippen LogP contribution in [0.25, 0.3) is 11.0 Å². The van der Waals surface area contributed by atoms with Gasteiger partial charge in [0.05, 0.1) is 12.5 Å². The number of aliphatic hydroxyl groups is 2. The third kappa shape index (κ3) is 2.96. The number of hydrogen-bond donors (Lipinski definition) is 2. The smallest absolute Gasteiger partial charge is 0.176 e. The summed E-state index contributed by atoms with van der Waals surface area (Å²) in [5, 5.41) is 19.2. The van der Waals surface area contributed by atoms with Crippen LogP contribution in [0, 0.1) is 0 Å². The third-order valence-corrected chi connectivity index (χ3v) is 2.88. The number of rotatable bonds is 6. The second-order valence-electron chi connectivity index (χ2n) is 3.98. The number of fused-ring (bicyclic) bond motifs is 1. The van der Waals surface area contributed by atoms with Crippen LogP contribution in [-0.4, -0.2) is 35.4 Å². The van der Waals surface area contributed by atoms with Crippen LogP contribution in [0.5, 0.6) is 5.75 Å². The van der Waals surface area contributed by atoms with Gasteiger partial charge in [-0.1, -0.05) is 12.1 Å². The second-order valence-corrected chi connectivity index (χ2v) is 4.29. The molecule has 0 radical (unpaired) electrons. The molecule has 0 fully saturated rings. The van der Waals surface area contributed by atoms with Gasteiger partial charge in [0.1, 0.15) is 18.5 Å². The van der Waals surface area contributed by atoms with Gasteiger partial charge < -0.3 is 19.4 Å². The van der Waals surface area contributed by atoms with Crippen LogP contribution >= 0.6 is 11.6 Å². The van der Waals surface area contributed by atoms with Gasteiger partial charge in [0, 0.05) is 11.8 Å². The van der Waals surface area contributed by atoms with Crippen LogP contribution in [0.4, 0.5) is 0 Å². The highest BCUT2D eigenvalue weighted by atomic mass is 35.5. The number of ether oxygens (including phenoxy) is 1. The molecule has 2 rings (SSSR count). The van der Waals surface area contributed by atoms with Gasteiger partial charge in [-0.25, -0.2) is 0 Å². The van der Waals surface area contributed by atoms with E-state index in [0.29, 0.717) is 23.5 Å². The largest absolute Gasteiger partial charge is 0.487 e. The van der Waals surface area contributed by atoms with Gasteiger partial charge in [-0.2, -0.15) is 0 Å². The van der Waals surface area contributed by atoms with Crippen molar-refractivity contribution >= 4 is 22.6 Å². The number of hydrogen-bond acceptors (Lipinski definition) is 4. The molecule has 1 heterocycles. The van der Waals surface area contributed by atoms with E-state index in [1.807, 2.05) is 18.2 Å². The van der Waals surface area contributed by atoms with E-state index in [1.54, 1.807) is 6.07 Å². The number of para-hydroxylation sites is 1. The highest BCUT2D eigenvalue weighted by molar-refractivity contribution is 6.18. The zero-order valence-corrected chi connectivity index (χ0v) is 10.6. The molecule has 1 aromatic carbocycles. The topological polar surface area (TPSA) is 62.8 Å². The van der Waals surface area contributed by atoms with Crippen LogP contribution < -0.4 is 4.74 Å². The lowest BCUT2D eigenvalue weighted by Crippen LogP contribution is -2.18. The number of alkyl halides is 1. The maximum atomic E-state index is 9.36. The lowest BCUT2D eigenvalue weighted by Gasteiger charge is -2.09. The predicted octanol–water partition coefficient (Wildman–Crippen LogP) is 1.95. The SMILES string of the molecule is OCCc1cc2cccc(OCC(O)CCl)c2o1. The van der Waals surface area contributed by atoms with E-state index in [1.165, 1.54) is 0 Å². The van der Waals surface area contributed by atoms with Gasteiger partial charge in [-0.3, -0.25) is 0 Å². The molecule has 4 nitrogen and oxygen atoms in total. The summed E-state index contributed by atoms with van der Waals surface area (Å²) in [7, 11) is 0. The normalized spacial score (nSPS) is 12.8. The van der Waals surface area contributed by atoms with E-state index in [0.717, 1.165) is 5.39 Å². The van der Waals surface area contributed by atoms with Crippen LogP contribution in [-0.2, 0) is 6.42 Å². The van der Waals surface area contributed by atoms with Crippen LogP contribution in [0.1, 0.15) is 5.76 Å². The highest BCUT2D eigenvalue weighted by Gasteiger charge is 2.10. The molecule has 0 bridgehead atoms. The van der Waals surface area contributed by atoms with Crippen molar-refractivity contribution in [1.82, 2.24) is 0 Å². The van der Waals surface area contributed by atoms with Gasteiger partial charge >= 0.3 is 0 Å². The molecule has 98 valence electrons. The maximum absolute atomic E-state index is 9.36. The predicted molar refractivity (Wildman–Crippen MR) is 69.2 cm³/mol. The molecule has 2 N–H and O–H groups in total. The van der Waals surface area contributed by atoms with E-state index in [2.05, 4.69) is 0 Å². The third-order valence-electron chi connectivity index (χ3n) is 2.53. The van der Waals surface area contributed by atoms with Crippen molar-refractivity contribution in [3.05, 3.63) is 30.0 Å². The molecule has 0 amide bonds. The quantitative estimate of drug-likeness (QED) is 0.788. The van der Waals surface area contributed by atoms with Crippen molar-refractivity contribution < 1.29 is 19.4 Å². The minimum atomic E-state index is -0.700. The van der Waals surface area contributed by atoms with Gasteiger partial charge in [-0.05, 0) is 12.1 Å². The number of halogens is 1. The Labute approximate surface area is 110 Å². The molecular formula is C13H15ClO4. The van der Waals surface area contributed by atoms with Crippen molar-refractivity contribution in [3.63, 3.8) is 0 Å². The molecule has 1 aromatic heterocycles. The van der Waals surface area contributed by atoms with Crippen molar-refractivity contribution in [1.29, 1.82) is 0 Å². The summed E-state index contributed by atoms with van der Waals surface area (Å²) in [4.78, 5) is 0. The summed E-state index contributed by atoms with van der Waals surface area (Å²) < 4.78 is 11.1. The Balaban J connectivity index is 2.21. The summed E-state index contributed by atoms with van der Waals surface area (Å²) in [6, 6.07) is 7.40. The van der Waals surface area contributed by atoms with E-state index >= 15 is 0 Å². The Kier molecular flexibility index (Phi) is 4.47. The standard InChI is InChI=1S/C13H15ClO4/c14-7-10(16)8-17-12-3-1-2-9-6-11(4-5-15)18-13(9)12/h1-3,6,10,15-16H,4-5,7-8H2. The minimum Gasteiger partial charge on any atom is -0.487 e. The number of aliphatic hydroxyl groups excluding tert-OH is 2. The molecule has 18 heavy (non-hydrogen) atoms. The van der Waals surface area contributed by atoms with Gasteiger partial charge in [-0.15, -0.1) is 11.6 Å². The van der Waals surface area contributed by atoms with Crippen LogP contribution in [0.3, 0.4) is 0 Å². The Morgan fingerprint density at radius 1 is 1.39 bits per heavy atom. The zero-order valence-electron chi connectivity index (χ0n) is 9.80. The Morgan fingerprint density at radius 2 is 2.22 bits per heavy atom. The Bertz CT molecular complexity index is 509. The average Bonchev–Trinajstić information content (AvgIpc) is 2.79. The summed E-state index contributed by atoms with van der Waals surface area (Å²) >= 11 is 5.50. The second kappa shape index (κ2) is 6.09. The van der Waals surface area contributed by atoms with E-state index in [4.69, 9.17) is 25.9 Å². The summed E-state index contributed by atoms with van der Waals surface area (Å²) in [6.07, 6.45) is -0.230. The van der Waals surface area contributed by atoms with E-state index in [9.17, 15) is 5.11 Å². The molecule has 2 aromatic rings. The Hall–Kier alpha value is -1.23. The molecule has 0 spiro atoms. The zero-order chi connectivity index (χ0) is 13.0. The fourth-order valence-corrected chi connectivity index (χ4v) is 1.76. The molecule has 5 heteroatoms. The van der Waals surface area contributed by atoms with Crippen molar-refractivity contribution in [2.45, 2.75) is 12.5 Å².